The van der Waals surface area contributed by atoms with Gasteiger partial charge in [-0.2, -0.15) is 0 Å². The molecule has 2 amide bonds. The van der Waals surface area contributed by atoms with Crippen LogP contribution in [0, 0.1) is 11.8 Å². The van der Waals surface area contributed by atoms with Gasteiger partial charge in [0.1, 0.15) is 6.10 Å². The Labute approximate surface area is 140 Å². The van der Waals surface area contributed by atoms with Crippen molar-refractivity contribution < 1.29 is 14.3 Å². The third-order valence-electron chi connectivity index (χ3n) is 5.05. The standard InChI is InChI=1S/C18H34N2O3/c1-6-13(4)23-18(22)20(17(21)16(19)12(2)3)14(5)15-10-8-7-9-11-15/h12-16H,6-11,19H2,1-5H3/t13-,14?,16?/m0/s1. The van der Waals surface area contributed by atoms with E-state index < -0.39 is 12.1 Å². The average Bonchev–Trinajstić information content (AvgIpc) is 2.54. The van der Waals surface area contributed by atoms with Gasteiger partial charge in [0.05, 0.1) is 6.04 Å². The summed E-state index contributed by atoms with van der Waals surface area (Å²) in [5.41, 5.74) is 6.03. The number of ether oxygens (including phenoxy) is 1. The Morgan fingerprint density at radius 2 is 1.70 bits per heavy atom. The van der Waals surface area contributed by atoms with Crippen molar-refractivity contribution in [3.05, 3.63) is 0 Å². The maximum atomic E-state index is 12.8. The molecule has 1 rings (SSSR count). The van der Waals surface area contributed by atoms with Crippen LogP contribution in [0.2, 0.25) is 0 Å². The van der Waals surface area contributed by atoms with E-state index in [0.717, 1.165) is 32.1 Å². The van der Waals surface area contributed by atoms with Crippen LogP contribution < -0.4 is 5.73 Å². The lowest BCUT2D eigenvalue weighted by Crippen LogP contribution is -2.55. The Hall–Kier alpha value is -1.10. The average molecular weight is 326 g/mol. The molecule has 2 N–H and O–H groups in total. The monoisotopic (exact) mass is 326 g/mol. The second kappa shape index (κ2) is 9.26. The number of rotatable bonds is 6. The summed E-state index contributed by atoms with van der Waals surface area (Å²) < 4.78 is 5.44. The summed E-state index contributed by atoms with van der Waals surface area (Å²) in [5, 5.41) is 0. The maximum absolute atomic E-state index is 12.8. The van der Waals surface area contributed by atoms with Gasteiger partial charge in [0.25, 0.3) is 0 Å². The van der Waals surface area contributed by atoms with E-state index >= 15 is 0 Å². The van der Waals surface area contributed by atoms with Gasteiger partial charge in [0, 0.05) is 6.04 Å². The van der Waals surface area contributed by atoms with Gasteiger partial charge >= 0.3 is 6.09 Å². The lowest BCUT2D eigenvalue weighted by atomic mass is 9.83. The van der Waals surface area contributed by atoms with E-state index in [2.05, 4.69) is 0 Å². The highest BCUT2D eigenvalue weighted by atomic mass is 16.6. The van der Waals surface area contributed by atoms with Gasteiger partial charge in [0.15, 0.2) is 0 Å². The van der Waals surface area contributed by atoms with Crippen LogP contribution in [0.3, 0.4) is 0 Å². The van der Waals surface area contributed by atoms with Gasteiger partial charge in [-0.3, -0.25) is 4.79 Å². The summed E-state index contributed by atoms with van der Waals surface area (Å²) in [5.74, 6) is 0.0166. The molecule has 23 heavy (non-hydrogen) atoms. The van der Waals surface area contributed by atoms with E-state index in [9.17, 15) is 9.59 Å². The molecule has 134 valence electrons. The first-order valence-corrected chi connectivity index (χ1v) is 9.08. The summed E-state index contributed by atoms with van der Waals surface area (Å²) in [6, 6.07) is -0.838. The molecule has 2 unspecified atom stereocenters. The third kappa shape index (κ3) is 5.48. The zero-order valence-electron chi connectivity index (χ0n) is 15.4. The molecule has 1 fully saturated rings. The molecule has 1 saturated carbocycles. The molecule has 1 aliphatic rings. The topological polar surface area (TPSA) is 72.6 Å². The minimum Gasteiger partial charge on any atom is -0.446 e. The van der Waals surface area contributed by atoms with E-state index in [1.165, 1.54) is 11.3 Å². The van der Waals surface area contributed by atoms with E-state index in [0.29, 0.717) is 5.92 Å². The highest BCUT2D eigenvalue weighted by molar-refractivity contribution is 5.95. The molecule has 5 heteroatoms. The van der Waals surface area contributed by atoms with Crippen molar-refractivity contribution in [2.45, 2.75) is 91.3 Å². The molecule has 0 aliphatic heterocycles. The molecule has 0 aromatic carbocycles. The lowest BCUT2D eigenvalue weighted by molar-refractivity contribution is -0.135. The molecular weight excluding hydrogens is 292 g/mol. The summed E-state index contributed by atoms with van der Waals surface area (Å²) in [6.07, 6.45) is 5.64. The molecule has 0 radical (unpaired) electrons. The van der Waals surface area contributed by atoms with Crippen LogP contribution >= 0.6 is 0 Å². The van der Waals surface area contributed by atoms with Crippen LogP contribution in [0.4, 0.5) is 4.79 Å². The Morgan fingerprint density at radius 3 is 2.17 bits per heavy atom. The normalized spacial score (nSPS) is 20.0. The van der Waals surface area contributed by atoms with Crippen LogP contribution in [-0.2, 0) is 9.53 Å². The van der Waals surface area contributed by atoms with Crippen molar-refractivity contribution in [2.24, 2.45) is 17.6 Å². The Kier molecular flexibility index (Phi) is 8.03. The number of carbonyl (C=O) groups is 2. The quantitative estimate of drug-likeness (QED) is 0.807. The Bertz CT molecular complexity index is 392. The SMILES string of the molecule is CC[C@H](C)OC(=O)N(C(=O)C(N)C(C)C)C(C)C1CCCCC1. The number of hydrogen-bond donors (Lipinski definition) is 1. The van der Waals surface area contributed by atoms with Crippen LogP contribution in [0.25, 0.3) is 0 Å². The summed E-state index contributed by atoms with van der Waals surface area (Å²) in [7, 11) is 0. The molecule has 5 nitrogen and oxygen atoms in total. The van der Waals surface area contributed by atoms with Crippen molar-refractivity contribution in [3.8, 4) is 0 Å². The van der Waals surface area contributed by atoms with Crippen LogP contribution in [0.1, 0.15) is 73.1 Å². The highest BCUT2D eigenvalue weighted by Crippen LogP contribution is 2.30. The Morgan fingerprint density at radius 1 is 1.13 bits per heavy atom. The van der Waals surface area contributed by atoms with Crippen LogP contribution in [0.15, 0.2) is 0 Å². The van der Waals surface area contributed by atoms with Gasteiger partial charge in [-0.15, -0.1) is 0 Å². The molecule has 3 atom stereocenters. The molecule has 0 spiro atoms. The lowest BCUT2D eigenvalue weighted by Gasteiger charge is -2.36. The van der Waals surface area contributed by atoms with E-state index in [1.807, 2.05) is 34.6 Å². The maximum Gasteiger partial charge on any atom is 0.417 e. The largest absolute Gasteiger partial charge is 0.446 e. The van der Waals surface area contributed by atoms with Gasteiger partial charge in [0.2, 0.25) is 5.91 Å². The molecule has 0 aromatic heterocycles. The number of nitrogens with two attached hydrogens (primary N) is 1. The summed E-state index contributed by atoms with van der Waals surface area (Å²) >= 11 is 0. The van der Waals surface area contributed by atoms with Crippen molar-refractivity contribution in [2.75, 3.05) is 0 Å². The van der Waals surface area contributed by atoms with Crippen LogP contribution in [0.5, 0.6) is 0 Å². The van der Waals surface area contributed by atoms with Crippen molar-refractivity contribution in [3.63, 3.8) is 0 Å². The van der Waals surface area contributed by atoms with Gasteiger partial charge in [-0.25, -0.2) is 9.69 Å². The first-order chi connectivity index (χ1) is 10.8. The second-order valence-electron chi connectivity index (χ2n) is 7.22. The molecular formula is C18H34N2O3. The van der Waals surface area contributed by atoms with Crippen molar-refractivity contribution in [1.29, 1.82) is 0 Å². The molecule has 0 aromatic rings. The van der Waals surface area contributed by atoms with Gasteiger partial charge in [-0.1, -0.05) is 40.0 Å². The van der Waals surface area contributed by atoms with Crippen molar-refractivity contribution in [1.82, 2.24) is 4.90 Å². The number of hydrogen-bond acceptors (Lipinski definition) is 4. The molecule has 1 aliphatic carbocycles. The van der Waals surface area contributed by atoms with Crippen molar-refractivity contribution >= 4 is 12.0 Å². The van der Waals surface area contributed by atoms with E-state index in [-0.39, 0.29) is 24.0 Å². The summed E-state index contributed by atoms with van der Waals surface area (Å²) in [6.45, 7) is 9.54. The fraction of sp³-hybridized carbons (Fsp3) is 0.889. The fourth-order valence-electron chi connectivity index (χ4n) is 3.04. The number of carbonyl (C=O) groups excluding carboxylic acids is 2. The highest BCUT2D eigenvalue weighted by Gasteiger charge is 2.37. The molecule has 0 saturated heterocycles. The van der Waals surface area contributed by atoms with Crippen LogP contribution in [-0.4, -0.2) is 35.1 Å². The van der Waals surface area contributed by atoms with Gasteiger partial charge in [-0.05, 0) is 44.9 Å². The Balaban J connectivity index is 2.94. The minimum absolute atomic E-state index is 0.0139. The molecule has 0 heterocycles. The zero-order chi connectivity index (χ0) is 17.6. The zero-order valence-corrected chi connectivity index (χ0v) is 15.4. The van der Waals surface area contributed by atoms with E-state index in [1.54, 1.807) is 0 Å². The fourth-order valence-corrected chi connectivity index (χ4v) is 3.04. The van der Waals surface area contributed by atoms with E-state index in [4.69, 9.17) is 10.5 Å². The smallest absolute Gasteiger partial charge is 0.417 e. The second-order valence-corrected chi connectivity index (χ2v) is 7.22. The number of nitrogens with zero attached hydrogens (tertiary/aromatic N) is 1. The molecule has 0 bridgehead atoms. The van der Waals surface area contributed by atoms with Gasteiger partial charge < -0.3 is 10.5 Å². The first kappa shape index (κ1) is 19.9. The summed E-state index contributed by atoms with van der Waals surface area (Å²) in [4.78, 5) is 26.7. The predicted octanol–water partition coefficient (Wildman–Crippen LogP) is 3.70. The number of amides is 2. The number of imide groups is 1. The first-order valence-electron chi connectivity index (χ1n) is 9.08. The third-order valence-corrected chi connectivity index (χ3v) is 5.05. The predicted molar refractivity (Wildman–Crippen MR) is 91.9 cm³/mol. The minimum atomic E-state index is -0.675.